The Hall–Kier alpha value is -3.88. The van der Waals surface area contributed by atoms with E-state index in [9.17, 15) is 14.7 Å². The highest BCUT2D eigenvalue weighted by atomic mass is 35.5. The molecule has 0 aromatic heterocycles. The predicted molar refractivity (Wildman–Crippen MR) is 132 cm³/mol. The van der Waals surface area contributed by atoms with Crippen LogP contribution in [0.3, 0.4) is 0 Å². The molecule has 0 saturated carbocycles. The first-order valence-corrected chi connectivity index (χ1v) is 11.1. The number of carbonyl (C=O) groups is 2. The van der Waals surface area contributed by atoms with Crippen LogP contribution in [0.25, 0.3) is 0 Å². The number of hydrogen-bond donors (Lipinski definition) is 2. The van der Waals surface area contributed by atoms with Crippen molar-refractivity contribution < 1.29 is 28.9 Å². The van der Waals surface area contributed by atoms with Crippen molar-refractivity contribution in [3.8, 4) is 11.5 Å². The van der Waals surface area contributed by atoms with Gasteiger partial charge >= 0.3 is 5.97 Å². The average Bonchev–Trinajstić information content (AvgIpc) is 2.88. The Morgan fingerprint density at radius 2 is 1.63 bits per heavy atom. The number of methoxy groups -OCH3 is 1. The van der Waals surface area contributed by atoms with Gasteiger partial charge in [-0.1, -0.05) is 72.3 Å². The fourth-order valence-electron chi connectivity index (χ4n) is 3.29. The van der Waals surface area contributed by atoms with Crippen LogP contribution in [0.15, 0.2) is 77.9 Å². The molecule has 8 nitrogen and oxygen atoms in total. The van der Waals surface area contributed by atoms with Gasteiger partial charge in [0.15, 0.2) is 23.7 Å². The molecule has 1 amide bonds. The first kappa shape index (κ1) is 25.7. The topological polar surface area (TPSA) is 106 Å². The van der Waals surface area contributed by atoms with Gasteiger partial charge in [0.05, 0.1) is 25.0 Å². The van der Waals surface area contributed by atoms with E-state index in [4.69, 9.17) is 21.1 Å². The molecule has 0 bridgehead atoms. The molecule has 2 N–H and O–H groups in total. The molecule has 0 aliphatic heterocycles. The van der Waals surface area contributed by atoms with Crippen LogP contribution in [-0.2, 0) is 19.9 Å². The van der Waals surface area contributed by atoms with Gasteiger partial charge in [-0.3, -0.25) is 4.79 Å². The van der Waals surface area contributed by atoms with Gasteiger partial charge in [-0.15, -0.1) is 0 Å². The average molecular weight is 497 g/mol. The number of aliphatic hydroxyl groups is 1. The van der Waals surface area contributed by atoms with E-state index < -0.39 is 17.5 Å². The number of esters is 1. The van der Waals surface area contributed by atoms with Gasteiger partial charge in [-0.2, -0.15) is 5.10 Å². The number of hydrogen-bond acceptors (Lipinski definition) is 7. The molecule has 0 aliphatic carbocycles. The summed E-state index contributed by atoms with van der Waals surface area (Å²) in [7, 11) is 1.25. The van der Waals surface area contributed by atoms with E-state index in [2.05, 4.69) is 15.3 Å². The molecule has 0 fully saturated rings. The maximum absolute atomic E-state index is 13.1. The lowest BCUT2D eigenvalue weighted by atomic mass is 9.85. The predicted octanol–water partition coefficient (Wildman–Crippen LogP) is 3.68. The Bertz CT molecular complexity index is 1150. The number of amides is 1. The molecule has 0 radical (unpaired) electrons. The lowest BCUT2D eigenvalue weighted by molar-refractivity contribution is -0.143. The minimum Gasteiger partial charge on any atom is -0.490 e. The van der Waals surface area contributed by atoms with Crippen molar-refractivity contribution in [3.63, 3.8) is 0 Å². The third-order valence-electron chi connectivity index (χ3n) is 4.99. The number of nitrogens with zero attached hydrogens (tertiary/aromatic N) is 1. The van der Waals surface area contributed by atoms with Gasteiger partial charge in [0.1, 0.15) is 0 Å². The first-order chi connectivity index (χ1) is 16.9. The second kappa shape index (κ2) is 12.0. The zero-order valence-electron chi connectivity index (χ0n) is 19.2. The first-order valence-electron chi connectivity index (χ1n) is 10.7. The van der Waals surface area contributed by atoms with E-state index in [1.54, 1.807) is 73.7 Å². The summed E-state index contributed by atoms with van der Waals surface area (Å²) in [6.45, 7) is 1.77. The van der Waals surface area contributed by atoms with E-state index >= 15 is 0 Å². The summed E-state index contributed by atoms with van der Waals surface area (Å²) in [5.41, 5.74) is 1.73. The van der Waals surface area contributed by atoms with Crippen LogP contribution in [0.2, 0.25) is 5.02 Å². The van der Waals surface area contributed by atoms with E-state index in [1.165, 1.54) is 19.4 Å². The van der Waals surface area contributed by atoms with Gasteiger partial charge in [-0.25, -0.2) is 10.2 Å². The molecule has 9 heteroatoms. The van der Waals surface area contributed by atoms with Gasteiger partial charge < -0.3 is 19.3 Å². The van der Waals surface area contributed by atoms with E-state index in [0.717, 1.165) is 0 Å². The molecule has 0 unspecified atom stereocenters. The quantitative estimate of drug-likeness (QED) is 0.252. The zero-order valence-corrected chi connectivity index (χ0v) is 20.0. The highest BCUT2D eigenvalue weighted by Crippen LogP contribution is 2.36. The van der Waals surface area contributed by atoms with Crippen molar-refractivity contribution in [2.45, 2.75) is 12.5 Å². The molecule has 0 saturated heterocycles. The molecule has 182 valence electrons. The number of rotatable bonds is 10. The lowest BCUT2D eigenvalue weighted by Gasteiger charge is -2.27. The molecule has 35 heavy (non-hydrogen) atoms. The normalized spacial score (nSPS) is 11.2. The van der Waals surface area contributed by atoms with Crippen molar-refractivity contribution in [2.75, 3.05) is 20.3 Å². The SMILES string of the molecule is CCOc1cc(/C=N\NC(=O)C(O)(c2ccccc2)c2ccccc2)cc(Cl)c1OCC(=O)OC. The second-order valence-electron chi connectivity index (χ2n) is 7.27. The smallest absolute Gasteiger partial charge is 0.343 e. The van der Waals surface area contributed by atoms with Crippen LogP contribution in [0.1, 0.15) is 23.6 Å². The molecule has 3 rings (SSSR count). The van der Waals surface area contributed by atoms with Crippen LogP contribution in [-0.4, -0.2) is 43.5 Å². The fraction of sp³-hybridized carbons (Fsp3) is 0.192. The molecule has 3 aromatic carbocycles. The van der Waals surface area contributed by atoms with Crippen LogP contribution in [0, 0.1) is 0 Å². The molecule has 0 atom stereocenters. The Morgan fingerprint density at radius 3 is 2.17 bits per heavy atom. The maximum Gasteiger partial charge on any atom is 0.343 e. The molecule has 0 spiro atoms. The Kier molecular flexibility index (Phi) is 8.83. The van der Waals surface area contributed by atoms with Crippen molar-refractivity contribution in [3.05, 3.63) is 94.5 Å². The number of hydrazone groups is 1. The number of ether oxygens (including phenoxy) is 3. The van der Waals surface area contributed by atoms with Gasteiger partial charge in [0.25, 0.3) is 5.91 Å². The Balaban J connectivity index is 1.84. The van der Waals surface area contributed by atoms with Crippen LogP contribution < -0.4 is 14.9 Å². The zero-order chi connectivity index (χ0) is 25.3. The number of nitrogens with one attached hydrogen (secondary N) is 1. The van der Waals surface area contributed by atoms with E-state index in [0.29, 0.717) is 29.0 Å². The summed E-state index contributed by atoms with van der Waals surface area (Å²) in [5, 5.41) is 15.6. The van der Waals surface area contributed by atoms with Crippen LogP contribution >= 0.6 is 11.6 Å². The summed E-state index contributed by atoms with van der Waals surface area (Å²) in [4.78, 5) is 24.5. The summed E-state index contributed by atoms with van der Waals surface area (Å²) < 4.78 is 15.6. The second-order valence-corrected chi connectivity index (χ2v) is 7.68. The Labute approximate surface area is 208 Å². The minimum atomic E-state index is -1.96. The van der Waals surface area contributed by atoms with E-state index in [1.807, 2.05) is 0 Å². The molecule has 3 aromatic rings. The lowest BCUT2D eigenvalue weighted by Crippen LogP contribution is -2.43. The molecule has 0 heterocycles. The van der Waals surface area contributed by atoms with Crippen LogP contribution in [0.5, 0.6) is 11.5 Å². The largest absolute Gasteiger partial charge is 0.490 e. The summed E-state index contributed by atoms with van der Waals surface area (Å²) >= 11 is 6.32. The highest BCUT2D eigenvalue weighted by Gasteiger charge is 2.39. The third-order valence-corrected chi connectivity index (χ3v) is 5.27. The van der Waals surface area contributed by atoms with E-state index in [-0.39, 0.29) is 17.4 Å². The molecule has 0 aliphatic rings. The molecular formula is C26H25ClN2O6. The van der Waals surface area contributed by atoms with Crippen molar-refractivity contribution in [1.82, 2.24) is 5.43 Å². The van der Waals surface area contributed by atoms with Gasteiger partial charge in [0.2, 0.25) is 0 Å². The van der Waals surface area contributed by atoms with Gasteiger partial charge in [0, 0.05) is 0 Å². The van der Waals surface area contributed by atoms with Crippen LogP contribution in [0.4, 0.5) is 0 Å². The highest BCUT2D eigenvalue weighted by molar-refractivity contribution is 6.32. The van der Waals surface area contributed by atoms with Crippen molar-refractivity contribution in [2.24, 2.45) is 5.10 Å². The van der Waals surface area contributed by atoms with Gasteiger partial charge in [-0.05, 0) is 35.7 Å². The minimum absolute atomic E-state index is 0.178. The van der Waals surface area contributed by atoms with Crippen molar-refractivity contribution in [1.29, 1.82) is 0 Å². The summed E-state index contributed by atoms with van der Waals surface area (Å²) in [5.74, 6) is -0.828. The third kappa shape index (κ3) is 6.17. The summed E-state index contributed by atoms with van der Waals surface area (Å²) in [6, 6.07) is 20.3. The Morgan fingerprint density at radius 1 is 1.03 bits per heavy atom. The monoisotopic (exact) mass is 496 g/mol. The maximum atomic E-state index is 13.1. The van der Waals surface area contributed by atoms with Crippen molar-refractivity contribution >= 4 is 29.7 Å². The molecular weight excluding hydrogens is 472 g/mol. The fourth-order valence-corrected chi connectivity index (χ4v) is 3.56. The summed E-state index contributed by atoms with van der Waals surface area (Å²) in [6.07, 6.45) is 1.35. The number of carbonyl (C=O) groups excluding carboxylic acids is 2. The number of halogens is 1. The standard InChI is InChI=1S/C26H25ClN2O6/c1-3-34-22-15-18(14-21(27)24(22)35-17-23(30)33-2)16-28-29-25(31)26(32,19-10-6-4-7-11-19)20-12-8-5-9-13-20/h4-16,32H,3,17H2,1-2H3,(H,29,31)/b28-16-. The number of benzene rings is 3.